The lowest BCUT2D eigenvalue weighted by molar-refractivity contribution is 0.185. The molecule has 0 aromatic heterocycles. The standard InChI is InChI=1S/C9H19NOS/c1-7-4-8(5-7)6-9(2,3)12(10)11/h7-8H,4-6,10H2,1-3H3. The van der Waals surface area contributed by atoms with Crippen LogP contribution in [0, 0.1) is 11.8 Å². The maximum absolute atomic E-state index is 11.1. The quantitative estimate of drug-likeness (QED) is 0.688. The first-order chi connectivity index (χ1) is 5.42. The fourth-order valence-corrected chi connectivity index (χ4v) is 2.41. The fraction of sp³-hybridized carbons (Fsp3) is 1.00. The second-order valence-corrected chi connectivity index (χ2v) is 6.40. The molecule has 0 amide bonds. The van der Waals surface area contributed by atoms with Crippen LogP contribution in [0.25, 0.3) is 0 Å². The summed E-state index contributed by atoms with van der Waals surface area (Å²) in [7, 11) is 0. The van der Waals surface area contributed by atoms with Crippen molar-refractivity contribution in [3.05, 3.63) is 0 Å². The molecule has 0 bridgehead atoms. The first-order valence-electron chi connectivity index (χ1n) is 4.58. The number of hydrogen-bond donors (Lipinski definition) is 1. The molecule has 0 saturated heterocycles. The van der Waals surface area contributed by atoms with Crippen LogP contribution in [0.4, 0.5) is 0 Å². The highest BCUT2D eigenvalue weighted by Crippen LogP contribution is 2.39. The van der Waals surface area contributed by atoms with Crippen LogP contribution in [0.15, 0.2) is 0 Å². The highest BCUT2D eigenvalue weighted by molar-refractivity contribution is 7.90. The van der Waals surface area contributed by atoms with Crippen LogP contribution in [-0.2, 0) is 11.4 Å². The smallest absolute Gasteiger partial charge is 0.139 e. The molecule has 1 aliphatic carbocycles. The number of hydrogen-bond acceptors (Lipinski definition) is 2. The van der Waals surface area contributed by atoms with Crippen LogP contribution in [0.2, 0.25) is 0 Å². The minimum Gasteiger partial charge on any atom is -0.598 e. The Bertz CT molecular complexity index is 153. The summed E-state index contributed by atoms with van der Waals surface area (Å²) in [5.41, 5.74) is 0. The van der Waals surface area contributed by atoms with Gasteiger partial charge in [-0.05, 0) is 38.5 Å². The predicted octanol–water partition coefficient (Wildman–Crippen LogP) is 1.82. The third kappa shape index (κ3) is 2.38. The van der Waals surface area contributed by atoms with Crippen LogP contribution >= 0.6 is 0 Å². The zero-order chi connectivity index (χ0) is 9.35. The van der Waals surface area contributed by atoms with E-state index >= 15 is 0 Å². The van der Waals surface area contributed by atoms with E-state index in [-0.39, 0.29) is 4.75 Å². The molecule has 12 heavy (non-hydrogen) atoms. The van der Waals surface area contributed by atoms with E-state index in [0.717, 1.165) is 18.3 Å². The highest BCUT2D eigenvalue weighted by Gasteiger charge is 2.37. The summed E-state index contributed by atoms with van der Waals surface area (Å²) in [6.07, 6.45) is 3.60. The molecule has 1 fully saturated rings. The summed E-state index contributed by atoms with van der Waals surface area (Å²) in [6, 6.07) is 0. The fourth-order valence-electron chi connectivity index (χ4n) is 2.01. The molecule has 1 saturated carbocycles. The Morgan fingerprint density at radius 3 is 2.33 bits per heavy atom. The van der Waals surface area contributed by atoms with Gasteiger partial charge in [-0.25, -0.2) is 0 Å². The van der Waals surface area contributed by atoms with E-state index in [4.69, 9.17) is 5.14 Å². The Morgan fingerprint density at radius 1 is 1.50 bits per heavy atom. The van der Waals surface area contributed by atoms with Gasteiger partial charge in [-0.3, -0.25) is 0 Å². The largest absolute Gasteiger partial charge is 0.598 e. The molecule has 0 spiro atoms. The second kappa shape index (κ2) is 3.56. The first-order valence-corrected chi connectivity index (χ1v) is 5.79. The molecule has 3 heteroatoms. The van der Waals surface area contributed by atoms with Gasteiger partial charge in [-0.2, -0.15) is 5.14 Å². The zero-order valence-electron chi connectivity index (χ0n) is 8.17. The Hall–Kier alpha value is 0.270. The molecule has 2 N–H and O–H groups in total. The molecule has 1 atom stereocenters. The van der Waals surface area contributed by atoms with Crippen molar-refractivity contribution in [2.45, 2.75) is 44.8 Å². The van der Waals surface area contributed by atoms with Gasteiger partial charge < -0.3 is 4.55 Å². The van der Waals surface area contributed by atoms with Crippen LogP contribution in [0.5, 0.6) is 0 Å². The van der Waals surface area contributed by atoms with Crippen molar-refractivity contribution in [2.24, 2.45) is 17.0 Å². The molecule has 0 aromatic rings. The number of nitrogens with two attached hydrogens (primary N) is 1. The van der Waals surface area contributed by atoms with E-state index in [1.165, 1.54) is 12.8 Å². The SMILES string of the molecule is CC1CC(CC(C)(C)[S+](N)[O-])C1. The van der Waals surface area contributed by atoms with E-state index in [9.17, 15) is 4.55 Å². The van der Waals surface area contributed by atoms with Crippen molar-refractivity contribution in [1.82, 2.24) is 0 Å². The van der Waals surface area contributed by atoms with Crippen molar-refractivity contribution in [3.8, 4) is 0 Å². The summed E-state index contributed by atoms with van der Waals surface area (Å²) in [4.78, 5) is 0. The summed E-state index contributed by atoms with van der Waals surface area (Å²) in [6.45, 7) is 6.25. The molecule has 1 rings (SSSR count). The predicted molar refractivity (Wildman–Crippen MR) is 52.9 cm³/mol. The summed E-state index contributed by atoms with van der Waals surface area (Å²) >= 11 is -1.18. The van der Waals surface area contributed by atoms with Crippen molar-refractivity contribution in [2.75, 3.05) is 0 Å². The molecule has 0 aliphatic heterocycles. The molecule has 0 aromatic carbocycles. The van der Waals surface area contributed by atoms with Gasteiger partial charge in [0.1, 0.15) is 4.75 Å². The molecule has 0 heterocycles. The van der Waals surface area contributed by atoms with Crippen molar-refractivity contribution >= 4 is 11.4 Å². The molecule has 1 aliphatic rings. The third-order valence-electron chi connectivity index (χ3n) is 2.80. The number of rotatable bonds is 3. The van der Waals surface area contributed by atoms with Crippen molar-refractivity contribution in [3.63, 3.8) is 0 Å². The molecule has 2 nitrogen and oxygen atoms in total. The van der Waals surface area contributed by atoms with E-state index in [1.807, 2.05) is 13.8 Å². The minimum absolute atomic E-state index is 0.190. The second-order valence-electron chi connectivity index (χ2n) is 4.70. The normalized spacial score (nSPS) is 32.8. The van der Waals surface area contributed by atoms with Crippen LogP contribution in [-0.4, -0.2) is 9.30 Å². The highest BCUT2D eigenvalue weighted by atomic mass is 32.2. The molecule has 1 unspecified atom stereocenters. The van der Waals surface area contributed by atoms with E-state index in [0.29, 0.717) is 0 Å². The minimum atomic E-state index is -1.18. The van der Waals surface area contributed by atoms with Gasteiger partial charge in [0.05, 0.1) is 0 Å². The lowest BCUT2D eigenvalue weighted by Gasteiger charge is -2.37. The van der Waals surface area contributed by atoms with Gasteiger partial charge in [0.2, 0.25) is 0 Å². The van der Waals surface area contributed by atoms with Crippen LogP contribution < -0.4 is 5.14 Å². The Labute approximate surface area is 78.2 Å². The lowest BCUT2D eigenvalue weighted by Crippen LogP contribution is -2.41. The van der Waals surface area contributed by atoms with Crippen molar-refractivity contribution < 1.29 is 4.55 Å². The average Bonchev–Trinajstić information content (AvgIpc) is 1.83. The monoisotopic (exact) mass is 189 g/mol. The molecular weight excluding hydrogens is 170 g/mol. The molecular formula is C9H19NOS. The zero-order valence-corrected chi connectivity index (χ0v) is 8.99. The van der Waals surface area contributed by atoms with Gasteiger partial charge in [0.25, 0.3) is 0 Å². The van der Waals surface area contributed by atoms with Crippen LogP contribution in [0.3, 0.4) is 0 Å². The first kappa shape index (κ1) is 10.4. The van der Waals surface area contributed by atoms with E-state index < -0.39 is 11.4 Å². The summed E-state index contributed by atoms with van der Waals surface area (Å²) < 4.78 is 10.9. The van der Waals surface area contributed by atoms with Gasteiger partial charge >= 0.3 is 0 Å². The summed E-state index contributed by atoms with van der Waals surface area (Å²) in [5.74, 6) is 1.64. The Kier molecular flexibility index (Phi) is 3.07. The van der Waals surface area contributed by atoms with E-state index in [2.05, 4.69) is 6.92 Å². The summed E-state index contributed by atoms with van der Waals surface area (Å²) in [5, 5.41) is 5.40. The van der Waals surface area contributed by atoms with Gasteiger partial charge in [0.15, 0.2) is 0 Å². The maximum Gasteiger partial charge on any atom is 0.139 e. The van der Waals surface area contributed by atoms with Gasteiger partial charge in [-0.15, -0.1) is 0 Å². The lowest BCUT2D eigenvalue weighted by atomic mass is 9.72. The Morgan fingerprint density at radius 2 is 2.00 bits per heavy atom. The average molecular weight is 189 g/mol. The molecule has 72 valence electrons. The molecule has 0 radical (unpaired) electrons. The maximum atomic E-state index is 11.1. The topological polar surface area (TPSA) is 49.1 Å². The Balaban J connectivity index is 2.30. The van der Waals surface area contributed by atoms with Gasteiger partial charge in [0, 0.05) is 17.8 Å². The van der Waals surface area contributed by atoms with E-state index in [1.54, 1.807) is 0 Å². The third-order valence-corrected chi connectivity index (χ3v) is 4.05. The van der Waals surface area contributed by atoms with Crippen molar-refractivity contribution in [1.29, 1.82) is 0 Å². The van der Waals surface area contributed by atoms with Crippen LogP contribution in [0.1, 0.15) is 40.0 Å². The van der Waals surface area contributed by atoms with Gasteiger partial charge in [-0.1, -0.05) is 6.92 Å².